The second-order valence-electron chi connectivity index (χ2n) is 8.82. The van der Waals surface area contributed by atoms with E-state index in [-0.39, 0.29) is 30.9 Å². The van der Waals surface area contributed by atoms with Gasteiger partial charge in [0.1, 0.15) is 18.0 Å². The van der Waals surface area contributed by atoms with Crippen molar-refractivity contribution in [3.05, 3.63) is 35.9 Å². The number of aromatic nitrogens is 1. The van der Waals surface area contributed by atoms with Crippen molar-refractivity contribution in [3.63, 3.8) is 0 Å². The highest BCUT2D eigenvalue weighted by Crippen LogP contribution is 2.47. The Labute approximate surface area is 196 Å². The molecule has 0 radical (unpaired) electrons. The lowest BCUT2D eigenvalue weighted by Gasteiger charge is -2.34. The van der Waals surface area contributed by atoms with Crippen molar-refractivity contribution in [3.8, 4) is 17.3 Å². The fraction of sp³-hybridized carbons (Fsp3) is 0.522. The van der Waals surface area contributed by atoms with E-state index in [1.54, 1.807) is 13.0 Å². The van der Waals surface area contributed by atoms with Crippen LogP contribution in [-0.4, -0.2) is 56.4 Å². The predicted molar refractivity (Wildman–Crippen MR) is 121 cm³/mol. The molecule has 2 heterocycles. The van der Waals surface area contributed by atoms with Gasteiger partial charge in [0.15, 0.2) is 15.7 Å². The standard InChI is InChI=1S/C23H26F2N4O4S/c1-15-28-20(16-2-4-17(5-3-16)29-10-12-34(31,32)13-11-29)21(33-15)18-6-7-23(24,25)14-19(18)22(30)27-9-8-26/h2-5,18-19H,6-7,9-14H2,1H3,(H,27,30). The Morgan fingerprint density at radius 3 is 2.62 bits per heavy atom. The van der Waals surface area contributed by atoms with Crippen molar-refractivity contribution in [2.45, 2.75) is 38.0 Å². The van der Waals surface area contributed by atoms with Gasteiger partial charge in [-0.3, -0.25) is 4.79 Å². The molecule has 2 aliphatic rings. The van der Waals surface area contributed by atoms with Crippen molar-refractivity contribution in [2.24, 2.45) is 5.92 Å². The highest BCUT2D eigenvalue weighted by Gasteiger charge is 2.47. The SMILES string of the molecule is Cc1nc(-c2ccc(N3CCS(=O)(=O)CC3)cc2)c(C2CCC(F)(F)CC2C(=O)NCC#N)o1. The molecule has 2 unspecified atom stereocenters. The fourth-order valence-corrected chi connectivity index (χ4v) is 5.88. The number of benzene rings is 1. The summed E-state index contributed by atoms with van der Waals surface area (Å²) in [5.41, 5.74) is 2.10. The van der Waals surface area contributed by atoms with Crippen molar-refractivity contribution in [1.82, 2.24) is 10.3 Å². The maximum Gasteiger partial charge on any atom is 0.249 e. The molecular formula is C23H26F2N4O4S. The molecule has 1 saturated carbocycles. The van der Waals surface area contributed by atoms with E-state index < -0.39 is 39.9 Å². The summed E-state index contributed by atoms with van der Waals surface area (Å²) >= 11 is 0. The smallest absolute Gasteiger partial charge is 0.249 e. The van der Waals surface area contributed by atoms with E-state index in [0.29, 0.717) is 36.0 Å². The Balaban J connectivity index is 1.61. The minimum atomic E-state index is -2.98. The maximum atomic E-state index is 14.2. The zero-order valence-electron chi connectivity index (χ0n) is 18.8. The number of halogens is 2. The number of rotatable bonds is 5. The lowest BCUT2D eigenvalue weighted by molar-refractivity contribution is -0.133. The number of nitrogens with zero attached hydrogens (tertiary/aromatic N) is 3. The van der Waals surface area contributed by atoms with Gasteiger partial charge in [0, 0.05) is 50.0 Å². The van der Waals surface area contributed by atoms with E-state index in [2.05, 4.69) is 10.3 Å². The molecule has 1 aliphatic heterocycles. The number of alkyl halides is 2. The number of anilines is 1. The van der Waals surface area contributed by atoms with Crippen LogP contribution in [0.15, 0.2) is 28.7 Å². The average molecular weight is 493 g/mol. The van der Waals surface area contributed by atoms with Gasteiger partial charge in [-0.05, 0) is 18.6 Å². The van der Waals surface area contributed by atoms with Crippen LogP contribution in [0, 0.1) is 24.2 Å². The first kappa shape index (κ1) is 24.1. The Morgan fingerprint density at radius 2 is 1.97 bits per heavy atom. The predicted octanol–water partition coefficient (Wildman–Crippen LogP) is 3.04. The number of oxazole rings is 1. The molecule has 1 amide bonds. The summed E-state index contributed by atoms with van der Waals surface area (Å²) in [6.45, 7) is 2.25. The third-order valence-corrected chi connectivity index (χ3v) is 8.06. The molecular weight excluding hydrogens is 466 g/mol. The zero-order chi connectivity index (χ0) is 24.5. The number of nitriles is 1. The maximum absolute atomic E-state index is 14.2. The number of hydrogen-bond donors (Lipinski definition) is 1. The van der Waals surface area contributed by atoms with Crippen molar-refractivity contribution >= 4 is 21.4 Å². The first-order valence-corrected chi connectivity index (χ1v) is 13.0. The summed E-state index contributed by atoms with van der Waals surface area (Å²) in [5.74, 6) is -4.22. The third kappa shape index (κ3) is 5.22. The monoisotopic (exact) mass is 492 g/mol. The third-order valence-electron chi connectivity index (χ3n) is 6.45. The second kappa shape index (κ2) is 9.33. The van der Waals surface area contributed by atoms with E-state index in [0.717, 1.165) is 5.69 Å². The molecule has 2 atom stereocenters. The summed E-state index contributed by atoms with van der Waals surface area (Å²) in [5, 5.41) is 11.2. The summed E-state index contributed by atoms with van der Waals surface area (Å²) in [4.78, 5) is 19.1. The van der Waals surface area contributed by atoms with Gasteiger partial charge < -0.3 is 14.6 Å². The van der Waals surface area contributed by atoms with Gasteiger partial charge >= 0.3 is 0 Å². The molecule has 2 aromatic rings. The summed E-state index contributed by atoms with van der Waals surface area (Å²) in [6.07, 6.45) is -0.930. The van der Waals surface area contributed by atoms with Gasteiger partial charge in [-0.1, -0.05) is 12.1 Å². The minimum Gasteiger partial charge on any atom is -0.445 e. The van der Waals surface area contributed by atoms with Gasteiger partial charge in [0.2, 0.25) is 11.8 Å². The van der Waals surface area contributed by atoms with Crippen LogP contribution >= 0.6 is 0 Å². The first-order chi connectivity index (χ1) is 16.1. The van der Waals surface area contributed by atoms with Crippen molar-refractivity contribution in [2.75, 3.05) is 36.0 Å². The van der Waals surface area contributed by atoms with Crippen LogP contribution in [0.1, 0.15) is 36.8 Å². The van der Waals surface area contributed by atoms with E-state index in [1.807, 2.05) is 29.2 Å². The van der Waals surface area contributed by atoms with Crippen LogP contribution in [0.5, 0.6) is 0 Å². The van der Waals surface area contributed by atoms with Crippen molar-refractivity contribution in [1.29, 1.82) is 5.26 Å². The van der Waals surface area contributed by atoms with Crippen LogP contribution in [0.2, 0.25) is 0 Å². The lowest BCUT2D eigenvalue weighted by Crippen LogP contribution is -2.41. The average Bonchev–Trinajstić information content (AvgIpc) is 3.18. The lowest BCUT2D eigenvalue weighted by atomic mass is 9.74. The first-order valence-electron chi connectivity index (χ1n) is 11.1. The number of sulfone groups is 1. The molecule has 0 bridgehead atoms. The van der Waals surface area contributed by atoms with E-state index in [1.165, 1.54) is 0 Å². The highest BCUT2D eigenvalue weighted by atomic mass is 32.2. The number of aryl methyl sites for hydroxylation is 1. The summed E-state index contributed by atoms with van der Waals surface area (Å²) in [7, 11) is -2.98. The molecule has 1 N–H and O–H groups in total. The normalized spacial score (nSPS) is 23.8. The number of amides is 1. The molecule has 34 heavy (non-hydrogen) atoms. The number of carbonyl (C=O) groups excluding carboxylic acids is 1. The second-order valence-corrected chi connectivity index (χ2v) is 11.1. The molecule has 2 fully saturated rings. The largest absolute Gasteiger partial charge is 0.445 e. The number of carbonyl (C=O) groups is 1. The van der Waals surface area contributed by atoms with E-state index in [4.69, 9.17) is 9.68 Å². The van der Waals surface area contributed by atoms with Crippen LogP contribution in [0.3, 0.4) is 0 Å². The number of nitrogens with one attached hydrogen (secondary N) is 1. The van der Waals surface area contributed by atoms with Crippen LogP contribution < -0.4 is 10.2 Å². The topological polar surface area (TPSA) is 116 Å². The van der Waals surface area contributed by atoms with Crippen LogP contribution in [-0.2, 0) is 14.6 Å². The van der Waals surface area contributed by atoms with Crippen molar-refractivity contribution < 1.29 is 26.4 Å². The van der Waals surface area contributed by atoms with Gasteiger partial charge in [0.05, 0.1) is 23.5 Å². The Morgan fingerprint density at radius 1 is 1.29 bits per heavy atom. The summed E-state index contributed by atoms with van der Waals surface area (Å²) in [6, 6.07) is 9.20. The van der Waals surface area contributed by atoms with E-state index >= 15 is 0 Å². The van der Waals surface area contributed by atoms with Crippen LogP contribution in [0.4, 0.5) is 14.5 Å². The van der Waals surface area contributed by atoms with E-state index in [9.17, 15) is 22.0 Å². The molecule has 8 nitrogen and oxygen atoms in total. The molecule has 1 aromatic heterocycles. The minimum absolute atomic E-state index is 0.0552. The van der Waals surface area contributed by atoms with Gasteiger partial charge in [-0.25, -0.2) is 22.2 Å². The quantitative estimate of drug-likeness (QED) is 0.638. The highest BCUT2D eigenvalue weighted by molar-refractivity contribution is 7.91. The molecule has 1 aromatic carbocycles. The van der Waals surface area contributed by atoms with Gasteiger partial charge in [0.25, 0.3) is 0 Å². The molecule has 0 spiro atoms. The van der Waals surface area contributed by atoms with Crippen LogP contribution in [0.25, 0.3) is 11.3 Å². The molecule has 1 aliphatic carbocycles. The zero-order valence-corrected chi connectivity index (χ0v) is 19.6. The molecule has 4 rings (SSSR count). The Hall–Kier alpha value is -3.00. The summed E-state index contributed by atoms with van der Waals surface area (Å²) < 4.78 is 57.6. The number of hydrogen-bond acceptors (Lipinski definition) is 7. The molecule has 1 saturated heterocycles. The Kier molecular flexibility index (Phi) is 6.62. The van der Waals surface area contributed by atoms with Gasteiger partial charge in [-0.2, -0.15) is 5.26 Å². The van der Waals surface area contributed by atoms with Gasteiger partial charge in [-0.15, -0.1) is 0 Å². The molecule has 11 heteroatoms. The fourth-order valence-electron chi connectivity index (χ4n) is 4.68. The molecule has 182 valence electrons. The Bertz CT molecular complexity index is 1190.